The molecule has 0 bridgehead atoms. The third-order valence-corrected chi connectivity index (χ3v) is 1.09. The van der Waals surface area contributed by atoms with Crippen molar-refractivity contribution in [2.24, 2.45) is 5.90 Å². The molecule has 0 aliphatic rings. The fourth-order valence-electron chi connectivity index (χ4n) is 0.709. The minimum Gasteiger partial charge on any atom is -0.413 e. The molecule has 0 fully saturated rings. The van der Waals surface area contributed by atoms with E-state index in [-0.39, 0.29) is 0 Å². The zero-order valence-electron chi connectivity index (χ0n) is 6.34. The zero-order chi connectivity index (χ0) is 7.82. The smallest absolute Gasteiger partial charge is 0.167 e. The van der Waals surface area contributed by atoms with Crippen LogP contribution in [0.2, 0.25) is 0 Å². The van der Waals surface area contributed by atoms with Gasteiger partial charge in [-0.3, -0.25) is 5.32 Å². The molecule has 0 aliphatic carbocycles. The number of allylic oxidation sites excluding steroid dienone is 1. The second-order valence-electron chi connectivity index (χ2n) is 1.98. The van der Waals surface area contributed by atoms with Gasteiger partial charge in [-0.1, -0.05) is 6.92 Å². The molecule has 3 heteroatoms. The first-order valence-corrected chi connectivity index (χ1v) is 3.35. The molecular weight excluding hydrogens is 128 g/mol. The van der Waals surface area contributed by atoms with Gasteiger partial charge in [0.2, 0.25) is 0 Å². The van der Waals surface area contributed by atoms with Gasteiger partial charge < -0.3 is 4.84 Å². The summed E-state index contributed by atoms with van der Waals surface area (Å²) in [6.45, 7) is 5.67. The van der Waals surface area contributed by atoms with Crippen LogP contribution in [-0.4, -0.2) is 0 Å². The van der Waals surface area contributed by atoms with Gasteiger partial charge in [-0.05, 0) is 13.0 Å². The fourth-order valence-corrected chi connectivity index (χ4v) is 0.709. The number of hydrogen-bond acceptors (Lipinski definition) is 2. The highest BCUT2D eigenvalue weighted by Crippen LogP contribution is 1.93. The van der Waals surface area contributed by atoms with Gasteiger partial charge in [-0.25, -0.2) is 0 Å². The molecule has 0 atom stereocenters. The van der Waals surface area contributed by atoms with Crippen LogP contribution in [0.5, 0.6) is 0 Å². The van der Waals surface area contributed by atoms with Crippen LogP contribution in [0.3, 0.4) is 0 Å². The SMILES string of the molecule is C=C[NH2+]C(=CON)CCC. The van der Waals surface area contributed by atoms with Crippen molar-refractivity contribution < 1.29 is 10.2 Å². The van der Waals surface area contributed by atoms with Crippen LogP contribution >= 0.6 is 0 Å². The molecule has 0 aliphatic heterocycles. The number of quaternary nitrogens is 1. The quantitative estimate of drug-likeness (QED) is 0.427. The monoisotopic (exact) mass is 143 g/mol. The first-order valence-electron chi connectivity index (χ1n) is 3.35. The van der Waals surface area contributed by atoms with Crippen molar-refractivity contribution in [1.82, 2.24) is 0 Å². The van der Waals surface area contributed by atoms with Crippen molar-refractivity contribution in [3.8, 4) is 0 Å². The standard InChI is InChI=1S/C7H14N2O/c1-3-5-7(6-10-8)9-4-2/h4,6,9H,2-3,5,8H2,1H3/p+1. The van der Waals surface area contributed by atoms with Crippen molar-refractivity contribution in [2.45, 2.75) is 19.8 Å². The summed E-state index contributed by atoms with van der Waals surface area (Å²) in [7, 11) is 0. The summed E-state index contributed by atoms with van der Waals surface area (Å²) < 4.78 is 0. The second-order valence-corrected chi connectivity index (χ2v) is 1.98. The Morgan fingerprint density at radius 3 is 2.90 bits per heavy atom. The minimum absolute atomic E-state index is 0.975. The molecule has 3 nitrogen and oxygen atoms in total. The van der Waals surface area contributed by atoms with Crippen LogP contribution in [0.1, 0.15) is 19.8 Å². The molecule has 0 amide bonds. The zero-order valence-corrected chi connectivity index (χ0v) is 6.34. The highest BCUT2D eigenvalue weighted by Gasteiger charge is 1.96. The predicted octanol–water partition coefficient (Wildman–Crippen LogP) is 0.225. The molecule has 0 heterocycles. The Bertz CT molecular complexity index is 121. The molecule has 0 saturated heterocycles. The molecule has 4 N–H and O–H groups in total. The van der Waals surface area contributed by atoms with E-state index >= 15 is 0 Å². The summed E-state index contributed by atoms with van der Waals surface area (Å²) in [6.07, 6.45) is 5.31. The molecule has 0 spiro atoms. The lowest BCUT2D eigenvalue weighted by molar-refractivity contribution is -0.538. The third kappa shape index (κ3) is 4.12. The normalized spacial score (nSPS) is 11.2. The number of rotatable bonds is 5. The lowest BCUT2D eigenvalue weighted by atomic mass is 10.3. The Hall–Kier alpha value is -0.800. The average Bonchev–Trinajstić information content (AvgIpc) is 1.90. The highest BCUT2D eigenvalue weighted by molar-refractivity contribution is 4.83. The molecule has 10 heavy (non-hydrogen) atoms. The van der Waals surface area contributed by atoms with E-state index in [1.54, 1.807) is 6.20 Å². The summed E-state index contributed by atoms with van der Waals surface area (Å²) in [5.74, 6) is 4.86. The molecule has 0 aromatic heterocycles. The average molecular weight is 143 g/mol. The molecule has 0 radical (unpaired) electrons. The maximum atomic E-state index is 4.86. The van der Waals surface area contributed by atoms with Crippen LogP contribution < -0.4 is 11.2 Å². The lowest BCUT2D eigenvalue weighted by Gasteiger charge is -1.97. The Balaban J connectivity index is 3.71. The van der Waals surface area contributed by atoms with Crippen LogP contribution in [0.15, 0.2) is 24.7 Å². The molecular formula is C7H15N2O+. The Kier molecular flexibility index (Phi) is 5.82. The van der Waals surface area contributed by atoms with E-state index < -0.39 is 0 Å². The maximum absolute atomic E-state index is 4.86. The van der Waals surface area contributed by atoms with E-state index in [1.807, 2.05) is 5.32 Å². The Labute approximate surface area is 61.5 Å². The molecule has 58 valence electrons. The lowest BCUT2D eigenvalue weighted by Crippen LogP contribution is -2.75. The van der Waals surface area contributed by atoms with Gasteiger partial charge in [0.15, 0.2) is 6.26 Å². The van der Waals surface area contributed by atoms with Crippen molar-refractivity contribution in [3.05, 3.63) is 24.7 Å². The molecule has 0 saturated carbocycles. The first-order chi connectivity index (χ1) is 4.85. The maximum Gasteiger partial charge on any atom is 0.167 e. The van der Waals surface area contributed by atoms with E-state index in [1.165, 1.54) is 6.26 Å². The largest absolute Gasteiger partial charge is 0.413 e. The van der Waals surface area contributed by atoms with Crippen molar-refractivity contribution >= 4 is 0 Å². The second kappa shape index (κ2) is 6.32. The molecule has 0 rings (SSSR count). The Morgan fingerprint density at radius 1 is 1.80 bits per heavy atom. The number of hydrogen-bond donors (Lipinski definition) is 2. The summed E-state index contributed by atoms with van der Waals surface area (Å²) in [5.41, 5.74) is 1.07. The van der Waals surface area contributed by atoms with Crippen LogP contribution in [0.25, 0.3) is 0 Å². The van der Waals surface area contributed by atoms with Gasteiger partial charge in [-0.15, -0.1) is 0 Å². The van der Waals surface area contributed by atoms with Gasteiger partial charge >= 0.3 is 0 Å². The first kappa shape index (κ1) is 9.20. The molecule has 0 aromatic rings. The van der Waals surface area contributed by atoms with Crippen LogP contribution in [0.4, 0.5) is 0 Å². The summed E-state index contributed by atoms with van der Waals surface area (Å²) in [5, 5.41) is 1.89. The van der Waals surface area contributed by atoms with Gasteiger partial charge in [0.25, 0.3) is 0 Å². The minimum atomic E-state index is 0.975. The van der Waals surface area contributed by atoms with Gasteiger partial charge in [0, 0.05) is 6.42 Å². The summed E-state index contributed by atoms with van der Waals surface area (Å²) in [6, 6.07) is 0. The van der Waals surface area contributed by atoms with Gasteiger partial charge in [0.1, 0.15) is 5.70 Å². The summed E-state index contributed by atoms with van der Waals surface area (Å²) >= 11 is 0. The summed E-state index contributed by atoms with van der Waals surface area (Å²) in [4.78, 5) is 4.37. The van der Waals surface area contributed by atoms with Crippen molar-refractivity contribution in [3.63, 3.8) is 0 Å². The van der Waals surface area contributed by atoms with E-state index in [2.05, 4.69) is 18.3 Å². The third-order valence-electron chi connectivity index (χ3n) is 1.09. The van der Waals surface area contributed by atoms with Gasteiger partial charge in [-0.2, -0.15) is 5.90 Å². The topological polar surface area (TPSA) is 51.9 Å². The Morgan fingerprint density at radius 2 is 2.50 bits per heavy atom. The molecule has 0 unspecified atom stereocenters. The highest BCUT2D eigenvalue weighted by atomic mass is 16.6. The van der Waals surface area contributed by atoms with Crippen molar-refractivity contribution in [2.75, 3.05) is 0 Å². The van der Waals surface area contributed by atoms with Gasteiger partial charge in [0.05, 0.1) is 6.20 Å². The van der Waals surface area contributed by atoms with Crippen LogP contribution in [0, 0.1) is 0 Å². The molecule has 0 aromatic carbocycles. The van der Waals surface area contributed by atoms with E-state index in [4.69, 9.17) is 5.90 Å². The van der Waals surface area contributed by atoms with E-state index in [9.17, 15) is 0 Å². The van der Waals surface area contributed by atoms with E-state index in [0.29, 0.717) is 0 Å². The fraction of sp³-hybridized carbons (Fsp3) is 0.429. The van der Waals surface area contributed by atoms with Crippen LogP contribution in [-0.2, 0) is 4.84 Å². The predicted molar refractivity (Wildman–Crippen MR) is 40.4 cm³/mol. The number of nitrogens with two attached hydrogens (primary N) is 2. The van der Waals surface area contributed by atoms with E-state index in [0.717, 1.165) is 18.5 Å². The van der Waals surface area contributed by atoms with Crippen molar-refractivity contribution in [1.29, 1.82) is 0 Å².